The number of fused-ring (bicyclic) bond motifs is 2. The molecule has 0 fully saturated rings. The van der Waals surface area contributed by atoms with Crippen molar-refractivity contribution < 1.29 is 18.3 Å². The summed E-state index contributed by atoms with van der Waals surface area (Å²) >= 11 is 3.36. The molecule has 0 spiro atoms. The Morgan fingerprint density at radius 1 is 1.20 bits per heavy atom. The van der Waals surface area contributed by atoms with Crippen LogP contribution in [0.3, 0.4) is 0 Å². The molecule has 1 atom stereocenters. The molecule has 0 bridgehead atoms. The number of amides is 1. The van der Waals surface area contributed by atoms with Crippen LogP contribution in [0, 0.1) is 5.82 Å². The summed E-state index contributed by atoms with van der Waals surface area (Å²) in [5.74, 6) is -0.905. The topological polar surface area (TPSA) is 59.8 Å². The molecule has 1 amide bonds. The van der Waals surface area contributed by atoms with Crippen LogP contribution in [0.1, 0.15) is 48.0 Å². The number of rotatable bonds is 6. The Labute approximate surface area is 181 Å². The van der Waals surface area contributed by atoms with Crippen molar-refractivity contribution in [2.75, 3.05) is 13.2 Å². The summed E-state index contributed by atoms with van der Waals surface area (Å²) in [6, 6.07) is 10.4. The van der Waals surface area contributed by atoms with E-state index in [-0.39, 0.29) is 28.4 Å². The highest BCUT2D eigenvalue weighted by Crippen LogP contribution is 2.39. The van der Waals surface area contributed by atoms with Crippen molar-refractivity contribution in [3.05, 3.63) is 79.9 Å². The average molecular weight is 474 g/mol. The third kappa shape index (κ3) is 3.68. The van der Waals surface area contributed by atoms with Crippen molar-refractivity contribution in [1.29, 1.82) is 0 Å². The lowest BCUT2D eigenvalue weighted by Crippen LogP contribution is -2.32. The maximum atomic E-state index is 14.7. The van der Waals surface area contributed by atoms with Gasteiger partial charge in [0, 0.05) is 23.2 Å². The number of hydrogen-bond acceptors (Lipinski definition) is 4. The summed E-state index contributed by atoms with van der Waals surface area (Å²) < 4.78 is 26.9. The Bertz CT molecular complexity index is 1170. The van der Waals surface area contributed by atoms with Gasteiger partial charge in [0.1, 0.15) is 11.4 Å². The van der Waals surface area contributed by atoms with E-state index in [1.165, 1.54) is 11.0 Å². The van der Waals surface area contributed by atoms with Crippen LogP contribution in [0.25, 0.3) is 11.0 Å². The molecule has 0 N–H and O–H groups in total. The fourth-order valence-electron chi connectivity index (χ4n) is 3.80. The number of hydrogen-bond donors (Lipinski definition) is 0. The van der Waals surface area contributed by atoms with E-state index in [9.17, 15) is 14.0 Å². The average Bonchev–Trinajstić information content (AvgIpc) is 2.98. The molecule has 30 heavy (non-hydrogen) atoms. The van der Waals surface area contributed by atoms with E-state index < -0.39 is 17.8 Å². The van der Waals surface area contributed by atoms with Crippen molar-refractivity contribution in [1.82, 2.24) is 4.90 Å². The maximum Gasteiger partial charge on any atom is 0.290 e. The third-order valence-electron chi connectivity index (χ3n) is 5.12. The van der Waals surface area contributed by atoms with Crippen molar-refractivity contribution in [2.45, 2.75) is 32.4 Å². The summed E-state index contributed by atoms with van der Waals surface area (Å²) in [7, 11) is 0. The van der Waals surface area contributed by atoms with E-state index >= 15 is 0 Å². The predicted octanol–water partition coefficient (Wildman–Crippen LogP) is 5.05. The number of nitrogens with zero attached hydrogens (tertiary/aromatic N) is 1. The van der Waals surface area contributed by atoms with E-state index in [1.54, 1.807) is 36.4 Å². The van der Waals surface area contributed by atoms with Crippen LogP contribution in [-0.2, 0) is 4.74 Å². The number of ether oxygens (including phenoxy) is 1. The van der Waals surface area contributed by atoms with Gasteiger partial charge in [-0.1, -0.05) is 34.1 Å². The normalized spacial score (nSPS) is 16.0. The molecule has 1 aliphatic rings. The number of benzene rings is 2. The summed E-state index contributed by atoms with van der Waals surface area (Å²) in [6.45, 7) is 4.64. The highest BCUT2D eigenvalue weighted by molar-refractivity contribution is 9.10. The Balaban J connectivity index is 1.84. The summed E-state index contributed by atoms with van der Waals surface area (Å²) in [5.41, 5.74) is 0.458. The molecule has 0 radical (unpaired) electrons. The van der Waals surface area contributed by atoms with Gasteiger partial charge in [-0.05, 0) is 44.5 Å². The molecular formula is C23H21BrFNO4. The Morgan fingerprint density at radius 3 is 2.70 bits per heavy atom. The van der Waals surface area contributed by atoms with Crippen molar-refractivity contribution in [3.63, 3.8) is 0 Å². The predicted molar refractivity (Wildman–Crippen MR) is 115 cm³/mol. The van der Waals surface area contributed by atoms with Crippen LogP contribution < -0.4 is 5.43 Å². The lowest BCUT2D eigenvalue weighted by atomic mass is 9.98. The van der Waals surface area contributed by atoms with E-state index in [2.05, 4.69) is 15.9 Å². The van der Waals surface area contributed by atoms with E-state index in [0.29, 0.717) is 30.5 Å². The standard InChI is InChI=1S/C23H21BrFNO4/c1-13(2)29-11-5-10-26-20(15-6-3-4-7-17(15)25)19-21(27)16-12-14(24)8-9-18(16)30-22(19)23(26)28/h3-4,6-9,12-13,20H,5,10-11H2,1-2H3/t20-/m0/s1. The van der Waals surface area contributed by atoms with Gasteiger partial charge in [0.05, 0.1) is 23.1 Å². The van der Waals surface area contributed by atoms with Gasteiger partial charge in [0.2, 0.25) is 5.76 Å². The smallest absolute Gasteiger partial charge is 0.290 e. The third-order valence-corrected chi connectivity index (χ3v) is 5.62. The van der Waals surface area contributed by atoms with Gasteiger partial charge in [0.15, 0.2) is 5.43 Å². The number of halogens is 2. The molecule has 0 aliphatic carbocycles. The molecule has 1 aliphatic heterocycles. The zero-order valence-electron chi connectivity index (χ0n) is 16.7. The lowest BCUT2D eigenvalue weighted by Gasteiger charge is -2.25. The molecule has 5 nitrogen and oxygen atoms in total. The first-order valence-electron chi connectivity index (χ1n) is 9.81. The molecule has 0 saturated heterocycles. The fraction of sp³-hybridized carbons (Fsp3) is 0.304. The van der Waals surface area contributed by atoms with E-state index in [1.807, 2.05) is 13.8 Å². The van der Waals surface area contributed by atoms with Gasteiger partial charge in [-0.25, -0.2) is 4.39 Å². The van der Waals surface area contributed by atoms with Gasteiger partial charge in [-0.2, -0.15) is 0 Å². The number of carbonyl (C=O) groups excluding carboxylic acids is 1. The first kappa shape index (κ1) is 20.8. The summed E-state index contributed by atoms with van der Waals surface area (Å²) in [5, 5.41) is 0.349. The van der Waals surface area contributed by atoms with Gasteiger partial charge >= 0.3 is 0 Å². The molecule has 3 aromatic rings. The van der Waals surface area contributed by atoms with Crippen LogP contribution in [0.5, 0.6) is 0 Å². The highest BCUT2D eigenvalue weighted by Gasteiger charge is 2.43. The zero-order chi connectivity index (χ0) is 21.4. The van der Waals surface area contributed by atoms with Crippen LogP contribution in [0.2, 0.25) is 0 Å². The van der Waals surface area contributed by atoms with Crippen LogP contribution in [0.4, 0.5) is 4.39 Å². The molecule has 2 heterocycles. The maximum absolute atomic E-state index is 14.7. The van der Waals surface area contributed by atoms with Gasteiger partial charge in [-0.15, -0.1) is 0 Å². The SMILES string of the molecule is CC(C)OCCCN1C(=O)c2oc3ccc(Br)cc3c(=O)c2[C@@H]1c1ccccc1F. The van der Waals surface area contributed by atoms with Gasteiger partial charge < -0.3 is 14.1 Å². The summed E-state index contributed by atoms with van der Waals surface area (Å²) in [4.78, 5) is 28.1. The minimum Gasteiger partial charge on any atom is -0.450 e. The molecule has 156 valence electrons. The van der Waals surface area contributed by atoms with Crippen LogP contribution in [0.15, 0.2) is 56.1 Å². The lowest BCUT2D eigenvalue weighted by molar-refractivity contribution is 0.0592. The second kappa shape index (κ2) is 8.32. The second-order valence-electron chi connectivity index (χ2n) is 7.51. The molecule has 7 heteroatoms. The minimum atomic E-state index is -0.840. The van der Waals surface area contributed by atoms with Crippen molar-refractivity contribution in [2.24, 2.45) is 0 Å². The largest absolute Gasteiger partial charge is 0.450 e. The quantitative estimate of drug-likeness (QED) is 0.469. The van der Waals surface area contributed by atoms with E-state index in [0.717, 1.165) is 4.47 Å². The number of carbonyl (C=O) groups is 1. The van der Waals surface area contributed by atoms with Crippen LogP contribution >= 0.6 is 15.9 Å². The fourth-order valence-corrected chi connectivity index (χ4v) is 4.16. The minimum absolute atomic E-state index is 0.0205. The molecule has 0 saturated carbocycles. The second-order valence-corrected chi connectivity index (χ2v) is 8.43. The molecule has 2 aromatic carbocycles. The Hall–Kier alpha value is -2.51. The Kier molecular flexibility index (Phi) is 5.75. The van der Waals surface area contributed by atoms with Gasteiger partial charge in [0.25, 0.3) is 5.91 Å². The first-order valence-corrected chi connectivity index (χ1v) is 10.6. The highest BCUT2D eigenvalue weighted by atomic mass is 79.9. The molecular weight excluding hydrogens is 453 g/mol. The molecule has 4 rings (SSSR count). The van der Waals surface area contributed by atoms with E-state index in [4.69, 9.17) is 9.15 Å². The van der Waals surface area contributed by atoms with Gasteiger partial charge in [-0.3, -0.25) is 9.59 Å². The van der Waals surface area contributed by atoms with Crippen molar-refractivity contribution >= 4 is 32.8 Å². The monoisotopic (exact) mass is 473 g/mol. The summed E-state index contributed by atoms with van der Waals surface area (Å²) in [6.07, 6.45) is 0.633. The van der Waals surface area contributed by atoms with Crippen LogP contribution in [-0.4, -0.2) is 30.1 Å². The first-order chi connectivity index (χ1) is 14.4. The van der Waals surface area contributed by atoms with Crippen molar-refractivity contribution in [3.8, 4) is 0 Å². The Morgan fingerprint density at radius 2 is 1.97 bits per heavy atom. The molecule has 0 unspecified atom stereocenters. The zero-order valence-corrected chi connectivity index (χ0v) is 18.2. The molecule has 1 aromatic heterocycles.